The highest BCUT2D eigenvalue weighted by molar-refractivity contribution is 5.95. The van der Waals surface area contributed by atoms with E-state index >= 15 is 0 Å². The topological polar surface area (TPSA) is 93.9 Å². The van der Waals surface area contributed by atoms with Crippen LogP contribution in [0.25, 0.3) is 0 Å². The Kier molecular flexibility index (Phi) is 9.23. The van der Waals surface area contributed by atoms with E-state index in [-0.39, 0.29) is 47.2 Å². The number of nitrogens with two attached hydrogens (primary N) is 1. The summed E-state index contributed by atoms with van der Waals surface area (Å²) in [5.41, 5.74) is 5.66. The molecule has 1 fully saturated rings. The van der Waals surface area contributed by atoms with Gasteiger partial charge in [0.15, 0.2) is 11.5 Å². The molecule has 10 heteroatoms. The molecule has 1 aliphatic rings. The number of piperidine rings is 1. The van der Waals surface area contributed by atoms with Crippen molar-refractivity contribution < 1.29 is 27.8 Å². The average molecular weight is 408 g/mol. The van der Waals surface area contributed by atoms with Gasteiger partial charge >= 0.3 is 6.61 Å². The fourth-order valence-corrected chi connectivity index (χ4v) is 2.89. The maximum atomic E-state index is 12.7. The Hall–Kier alpha value is -2.13. The second-order valence-electron chi connectivity index (χ2n) is 5.91. The Balaban J connectivity index is 0.00000364. The summed E-state index contributed by atoms with van der Waals surface area (Å²) in [6, 6.07) is 4.03. The van der Waals surface area contributed by atoms with E-state index in [1.54, 1.807) is 4.90 Å². The van der Waals surface area contributed by atoms with E-state index < -0.39 is 6.61 Å². The van der Waals surface area contributed by atoms with Crippen molar-refractivity contribution in [2.24, 2.45) is 11.7 Å². The molecule has 0 spiro atoms. The minimum atomic E-state index is -2.99. The Morgan fingerprint density at radius 2 is 2.11 bits per heavy atom. The SMILES string of the molecule is COc1cc(C(=O)N2CCCC(C(=O)NCCN)C2)ccc1OC(F)F.Cl. The number of likely N-dealkylation sites (tertiary alicyclic amines) is 1. The molecule has 0 aliphatic carbocycles. The van der Waals surface area contributed by atoms with Crippen LogP contribution in [0.5, 0.6) is 11.5 Å². The van der Waals surface area contributed by atoms with Crippen LogP contribution >= 0.6 is 12.4 Å². The summed E-state index contributed by atoms with van der Waals surface area (Å²) in [5.74, 6) is -0.792. The number of alkyl halides is 2. The Morgan fingerprint density at radius 3 is 2.74 bits per heavy atom. The van der Waals surface area contributed by atoms with Gasteiger partial charge < -0.3 is 25.4 Å². The number of carbonyl (C=O) groups excluding carboxylic acids is 2. The van der Waals surface area contributed by atoms with Gasteiger partial charge in [0.05, 0.1) is 13.0 Å². The summed E-state index contributed by atoms with van der Waals surface area (Å²) >= 11 is 0. The minimum absolute atomic E-state index is 0. The molecule has 152 valence electrons. The molecule has 1 unspecified atom stereocenters. The monoisotopic (exact) mass is 407 g/mol. The Morgan fingerprint density at radius 1 is 1.37 bits per heavy atom. The number of hydrogen-bond donors (Lipinski definition) is 2. The van der Waals surface area contributed by atoms with Crippen LogP contribution in [0.1, 0.15) is 23.2 Å². The van der Waals surface area contributed by atoms with Crippen molar-refractivity contribution >= 4 is 24.2 Å². The van der Waals surface area contributed by atoms with Crippen LogP contribution in [0.3, 0.4) is 0 Å². The van der Waals surface area contributed by atoms with Crippen molar-refractivity contribution in [3.8, 4) is 11.5 Å². The molecule has 27 heavy (non-hydrogen) atoms. The van der Waals surface area contributed by atoms with Gasteiger partial charge in [0, 0.05) is 31.7 Å². The molecule has 0 aromatic heterocycles. The van der Waals surface area contributed by atoms with Crippen molar-refractivity contribution in [2.45, 2.75) is 19.5 Å². The molecular weight excluding hydrogens is 384 g/mol. The van der Waals surface area contributed by atoms with Gasteiger partial charge in [0.1, 0.15) is 0 Å². The van der Waals surface area contributed by atoms with Crippen molar-refractivity contribution in [1.82, 2.24) is 10.2 Å². The van der Waals surface area contributed by atoms with Crippen molar-refractivity contribution in [1.29, 1.82) is 0 Å². The van der Waals surface area contributed by atoms with E-state index in [0.717, 1.165) is 0 Å². The van der Waals surface area contributed by atoms with Crippen LogP contribution in [0, 0.1) is 5.92 Å². The first-order valence-corrected chi connectivity index (χ1v) is 8.36. The number of amides is 2. The van der Waals surface area contributed by atoms with Gasteiger partial charge in [-0.3, -0.25) is 9.59 Å². The number of benzene rings is 1. The van der Waals surface area contributed by atoms with Crippen molar-refractivity contribution in [2.75, 3.05) is 33.3 Å². The highest BCUT2D eigenvalue weighted by Gasteiger charge is 2.29. The summed E-state index contributed by atoms with van der Waals surface area (Å²) < 4.78 is 34.2. The third-order valence-electron chi connectivity index (χ3n) is 4.15. The first kappa shape index (κ1) is 22.9. The van der Waals surface area contributed by atoms with Crippen LogP contribution < -0.4 is 20.5 Å². The summed E-state index contributed by atoms with van der Waals surface area (Å²) in [4.78, 5) is 26.4. The number of nitrogens with zero attached hydrogens (tertiary/aromatic N) is 1. The first-order valence-electron chi connectivity index (χ1n) is 8.36. The quantitative estimate of drug-likeness (QED) is 0.716. The molecule has 1 heterocycles. The number of carbonyl (C=O) groups is 2. The van der Waals surface area contributed by atoms with Gasteiger partial charge in [-0.25, -0.2) is 0 Å². The lowest BCUT2D eigenvalue weighted by molar-refractivity contribution is -0.126. The second kappa shape index (κ2) is 10.9. The number of ether oxygens (including phenoxy) is 2. The number of methoxy groups -OCH3 is 1. The minimum Gasteiger partial charge on any atom is -0.493 e. The van der Waals surface area contributed by atoms with E-state index in [1.807, 2.05) is 0 Å². The fraction of sp³-hybridized carbons (Fsp3) is 0.529. The molecule has 1 saturated heterocycles. The molecule has 1 aromatic rings. The molecule has 2 amide bonds. The predicted molar refractivity (Wildman–Crippen MR) is 97.6 cm³/mol. The van der Waals surface area contributed by atoms with E-state index in [0.29, 0.717) is 39.0 Å². The molecule has 0 radical (unpaired) electrons. The zero-order chi connectivity index (χ0) is 19.1. The van der Waals surface area contributed by atoms with Gasteiger partial charge in [0.2, 0.25) is 5.91 Å². The standard InChI is InChI=1S/C17H23F2N3O4.ClH/c1-25-14-9-11(4-5-13(14)26-17(18)19)16(24)22-8-2-3-12(10-22)15(23)21-7-6-20;/h4-5,9,12,17H,2-3,6-8,10,20H2,1H3,(H,21,23);1H. The van der Waals surface area contributed by atoms with Gasteiger partial charge in [-0.2, -0.15) is 8.78 Å². The molecule has 7 nitrogen and oxygen atoms in total. The lowest BCUT2D eigenvalue weighted by atomic mass is 9.96. The highest BCUT2D eigenvalue weighted by Crippen LogP contribution is 2.30. The largest absolute Gasteiger partial charge is 0.493 e. The Bertz CT molecular complexity index is 649. The summed E-state index contributed by atoms with van der Waals surface area (Å²) in [6.45, 7) is -1.41. The van der Waals surface area contributed by atoms with Crippen molar-refractivity contribution in [3.63, 3.8) is 0 Å². The van der Waals surface area contributed by atoms with Gasteiger partial charge in [-0.1, -0.05) is 0 Å². The van der Waals surface area contributed by atoms with Gasteiger partial charge in [-0.05, 0) is 31.0 Å². The number of halogens is 3. The van der Waals surface area contributed by atoms with E-state index in [1.165, 1.54) is 25.3 Å². The molecule has 1 aromatic carbocycles. The third kappa shape index (κ3) is 6.21. The lowest BCUT2D eigenvalue weighted by Gasteiger charge is -2.32. The van der Waals surface area contributed by atoms with E-state index in [4.69, 9.17) is 10.5 Å². The summed E-state index contributed by atoms with van der Waals surface area (Å²) in [5, 5.41) is 2.74. The molecule has 2 rings (SSSR count). The molecular formula is C17H24ClF2N3O4. The zero-order valence-corrected chi connectivity index (χ0v) is 15.8. The number of nitrogens with one attached hydrogen (secondary N) is 1. The maximum Gasteiger partial charge on any atom is 0.387 e. The van der Waals surface area contributed by atoms with Crippen LogP contribution in [-0.4, -0.2) is 56.6 Å². The van der Waals surface area contributed by atoms with Gasteiger partial charge in [-0.15, -0.1) is 12.4 Å². The molecule has 0 bridgehead atoms. The molecule has 0 saturated carbocycles. The lowest BCUT2D eigenvalue weighted by Crippen LogP contribution is -2.46. The number of rotatable bonds is 7. The van der Waals surface area contributed by atoms with Crippen LogP contribution in [0.4, 0.5) is 8.78 Å². The maximum absolute atomic E-state index is 12.7. The second-order valence-corrected chi connectivity index (χ2v) is 5.91. The highest BCUT2D eigenvalue weighted by atomic mass is 35.5. The first-order chi connectivity index (χ1) is 12.5. The van der Waals surface area contributed by atoms with Crippen molar-refractivity contribution in [3.05, 3.63) is 23.8 Å². The zero-order valence-electron chi connectivity index (χ0n) is 15.0. The van der Waals surface area contributed by atoms with Gasteiger partial charge in [0.25, 0.3) is 5.91 Å². The fourth-order valence-electron chi connectivity index (χ4n) is 2.89. The smallest absolute Gasteiger partial charge is 0.387 e. The molecule has 3 N–H and O–H groups in total. The number of hydrogen-bond acceptors (Lipinski definition) is 5. The van der Waals surface area contributed by atoms with E-state index in [9.17, 15) is 18.4 Å². The van der Waals surface area contributed by atoms with Crippen LogP contribution in [0.15, 0.2) is 18.2 Å². The average Bonchev–Trinajstić information content (AvgIpc) is 2.65. The summed E-state index contributed by atoms with van der Waals surface area (Å²) in [6.07, 6.45) is 1.40. The molecule has 1 atom stereocenters. The Labute approximate surface area is 162 Å². The normalized spacial score (nSPS) is 16.5. The van der Waals surface area contributed by atoms with E-state index in [2.05, 4.69) is 10.1 Å². The molecule has 1 aliphatic heterocycles. The third-order valence-corrected chi connectivity index (χ3v) is 4.15. The predicted octanol–water partition coefficient (Wildman–Crippen LogP) is 1.65. The van der Waals surface area contributed by atoms with Crippen LogP contribution in [-0.2, 0) is 4.79 Å². The summed E-state index contributed by atoms with van der Waals surface area (Å²) in [7, 11) is 1.31. The van der Waals surface area contributed by atoms with Crippen LogP contribution in [0.2, 0.25) is 0 Å².